The molecule has 4 nitrogen and oxygen atoms in total. The minimum absolute atomic E-state index is 0.0465. The molecule has 4 heteroatoms. The van der Waals surface area contributed by atoms with Crippen LogP contribution in [0.2, 0.25) is 0 Å². The van der Waals surface area contributed by atoms with Gasteiger partial charge in [0.25, 0.3) is 0 Å². The van der Waals surface area contributed by atoms with Crippen molar-refractivity contribution in [2.24, 2.45) is 0 Å². The zero-order chi connectivity index (χ0) is 15.9. The summed E-state index contributed by atoms with van der Waals surface area (Å²) in [5.41, 5.74) is 1.09. The van der Waals surface area contributed by atoms with Gasteiger partial charge in [0.15, 0.2) is 11.5 Å². The van der Waals surface area contributed by atoms with Gasteiger partial charge >= 0.3 is 0 Å². The van der Waals surface area contributed by atoms with E-state index in [0.717, 1.165) is 36.4 Å². The van der Waals surface area contributed by atoms with Gasteiger partial charge < -0.3 is 19.9 Å². The van der Waals surface area contributed by atoms with E-state index in [1.54, 1.807) is 7.11 Å². The molecule has 0 aliphatic heterocycles. The number of ether oxygens (including phenoxy) is 2. The predicted octanol–water partition coefficient (Wildman–Crippen LogP) is 3.12. The fourth-order valence-corrected chi connectivity index (χ4v) is 2.13. The summed E-state index contributed by atoms with van der Waals surface area (Å²) in [4.78, 5) is 0. The Morgan fingerprint density at radius 1 is 1.29 bits per heavy atom. The van der Waals surface area contributed by atoms with Gasteiger partial charge in [0, 0.05) is 18.7 Å². The molecule has 1 aromatic rings. The van der Waals surface area contributed by atoms with Crippen molar-refractivity contribution in [3.63, 3.8) is 0 Å². The van der Waals surface area contributed by atoms with Crippen LogP contribution in [0.3, 0.4) is 0 Å². The Balaban J connectivity index is 2.76. The van der Waals surface area contributed by atoms with Crippen LogP contribution >= 0.6 is 0 Å². The van der Waals surface area contributed by atoms with Crippen molar-refractivity contribution in [2.45, 2.75) is 58.7 Å². The Labute approximate surface area is 128 Å². The van der Waals surface area contributed by atoms with E-state index in [4.69, 9.17) is 14.6 Å². The van der Waals surface area contributed by atoms with E-state index in [1.165, 1.54) is 0 Å². The van der Waals surface area contributed by atoms with Gasteiger partial charge in [-0.1, -0.05) is 13.0 Å². The first-order valence-electron chi connectivity index (χ1n) is 7.63. The first kappa shape index (κ1) is 17.8. The predicted molar refractivity (Wildman–Crippen MR) is 86.0 cm³/mol. The molecule has 1 aromatic carbocycles. The molecule has 0 amide bonds. The molecule has 1 atom stereocenters. The van der Waals surface area contributed by atoms with Crippen molar-refractivity contribution >= 4 is 0 Å². The number of aliphatic hydroxyl groups excluding tert-OH is 1. The summed E-state index contributed by atoms with van der Waals surface area (Å²) in [6, 6.07) is 5.99. The molecule has 21 heavy (non-hydrogen) atoms. The molecule has 0 aliphatic carbocycles. The van der Waals surface area contributed by atoms with Crippen LogP contribution in [-0.4, -0.2) is 30.5 Å². The summed E-state index contributed by atoms with van der Waals surface area (Å²) in [6.07, 6.45) is 1.84. The maximum atomic E-state index is 9.16. The highest BCUT2D eigenvalue weighted by Crippen LogP contribution is 2.29. The third-order valence-electron chi connectivity index (χ3n) is 3.75. The zero-order valence-corrected chi connectivity index (χ0v) is 13.9. The molecule has 1 unspecified atom stereocenters. The fraction of sp³-hybridized carbons (Fsp3) is 0.647. The van der Waals surface area contributed by atoms with Crippen LogP contribution in [0.15, 0.2) is 18.2 Å². The van der Waals surface area contributed by atoms with Gasteiger partial charge in [0.05, 0.1) is 13.2 Å². The average molecular weight is 295 g/mol. The van der Waals surface area contributed by atoms with Crippen LogP contribution in [0.25, 0.3) is 0 Å². The second kappa shape index (κ2) is 8.25. The average Bonchev–Trinajstić information content (AvgIpc) is 2.46. The summed E-state index contributed by atoms with van der Waals surface area (Å²) in [5, 5.41) is 12.7. The van der Waals surface area contributed by atoms with Crippen molar-refractivity contribution in [3.05, 3.63) is 23.8 Å². The van der Waals surface area contributed by atoms with Gasteiger partial charge in [0.1, 0.15) is 0 Å². The van der Waals surface area contributed by atoms with E-state index >= 15 is 0 Å². The molecule has 0 saturated carbocycles. The van der Waals surface area contributed by atoms with Crippen LogP contribution < -0.4 is 14.8 Å². The number of hydrogen-bond acceptors (Lipinski definition) is 4. The standard InChI is InChI=1S/C17H29NO3/c1-6-17(4,9-10-19)18-12-14-7-8-15(21-13(2)3)16(11-14)20-5/h7-8,11,13,18-19H,6,9-10,12H2,1-5H3. The van der Waals surface area contributed by atoms with E-state index in [0.29, 0.717) is 0 Å². The van der Waals surface area contributed by atoms with E-state index in [-0.39, 0.29) is 18.2 Å². The molecule has 0 aliphatic rings. The lowest BCUT2D eigenvalue weighted by Crippen LogP contribution is -2.42. The second-order valence-corrected chi connectivity index (χ2v) is 5.89. The monoisotopic (exact) mass is 295 g/mol. The molecule has 1 rings (SSSR count). The van der Waals surface area contributed by atoms with Crippen LogP contribution in [0.1, 0.15) is 46.1 Å². The first-order chi connectivity index (χ1) is 9.94. The molecule has 0 aromatic heterocycles. The maximum absolute atomic E-state index is 9.16. The lowest BCUT2D eigenvalue weighted by Gasteiger charge is -2.29. The Morgan fingerprint density at radius 2 is 2.00 bits per heavy atom. The van der Waals surface area contributed by atoms with Gasteiger partial charge in [-0.3, -0.25) is 0 Å². The van der Waals surface area contributed by atoms with Crippen molar-refractivity contribution in [2.75, 3.05) is 13.7 Å². The van der Waals surface area contributed by atoms with Gasteiger partial charge in [0.2, 0.25) is 0 Å². The van der Waals surface area contributed by atoms with E-state index < -0.39 is 0 Å². The van der Waals surface area contributed by atoms with Crippen molar-refractivity contribution in [1.82, 2.24) is 5.32 Å². The van der Waals surface area contributed by atoms with Crippen LogP contribution in [0.5, 0.6) is 11.5 Å². The quantitative estimate of drug-likeness (QED) is 0.735. The molecule has 0 fully saturated rings. The number of aliphatic hydroxyl groups is 1. The molecule has 0 radical (unpaired) electrons. The van der Waals surface area contributed by atoms with Gasteiger partial charge in [-0.2, -0.15) is 0 Å². The molecular formula is C17H29NO3. The molecule has 0 bridgehead atoms. The van der Waals surface area contributed by atoms with Crippen LogP contribution in [0.4, 0.5) is 0 Å². The second-order valence-electron chi connectivity index (χ2n) is 5.89. The lowest BCUT2D eigenvalue weighted by molar-refractivity contribution is 0.214. The Morgan fingerprint density at radius 3 is 2.52 bits per heavy atom. The smallest absolute Gasteiger partial charge is 0.161 e. The van der Waals surface area contributed by atoms with Crippen LogP contribution in [-0.2, 0) is 6.54 Å². The highest BCUT2D eigenvalue weighted by atomic mass is 16.5. The summed E-state index contributed by atoms with van der Waals surface area (Å²) in [7, 11) is 1.65. The number of hydrogen-bond donors (Lipinski definition) is 2. The Bertz CT molecular complexity index is 434. The Hall–Kier alpha value is -1.26. The molecule has 0 saturated heterocycles. The molecule has 0 heterocycles. The minimum atomic E-state index is -0.0465. The summed E-state index contributed by atoms with van der Waals surface area (Å²) >= 11 is 0. The highest BCUT2D eigenvalue weighted by Gasteiger charge is 2.20. The third kappa shape index (κ3) is 5.56. The molecule has 2 N–H and O–H groups in total. The van der Waals surface area contributed by atoms with E-state index in [1.807, 2.05) is 32.0 Å². The van der Waals surface area contributed by atoms with Crippen molar-refractivity contribution in [1.29, 1.82) is 0 Å². The summed E-state index contributed by atoms with van der Waals surface area (Å²) < 4.78 is 11.1. The van der Waals surface area contributed by atoms with Crippen molar-refractivity contribution in [3.8, 4) is 11.5 Å². The third-order valence-corrected chi connectivity index (χ3v) is 3.75. The van der Waals surface area contributed by atoms with Crippen molar-refractivity contribution < 1.29 is 14.6 Å². The van der Waals surface area contributed by atoms with E-state index in [9.17, 15) is 0 Å². The molecule has 0 spiro atoms. The number of benzene rings is 1. The van der Waals surface area contributed by atoms with Gasteiger partial charge in [-0.15, -0.1) is 0 Å². The zero-order valence-electron chi connectivity index (χ0n) is 13.9. The molecular weight excluding hydrogens is 266 g/mol. The number of methoxy groups -OCH3 is 1. The summed E-state index contributed by atoms with van der Waals surface area (Å²) in [6.45, 7) is 9.19. The van der Waals surface area contributed by atoms with Gasteiger partial charge in [-0.25, -0.2) is 0 Å². The fourth-order valence-electron chi connectivity index (χ4n) is 2.13. The first-order valence-corrected chi connectivity index (χ1v) is 7.63. The highest BCUT2D eigenvalue weighted by molar-refractivity contribution is 5.43. The van der Waals surface area contributed by atoms with Gasteiger partial charge in [-0.05, 0) is 51.3 Å². The normalized spacial score (nSPS) is 14.0. The lowest BCUT2D eigenvalue weighted by atomic mass is 9.94. The van der Waals surface area contributed by atoms with Crippen LogP contribution in [0, 0.1) is 0 Å². The van der Waals surface area contributed by atoms with E-state index in [2.05, 4.69) is 19.2 Å². The topological polar surface area (TPSA) is 50.7 Å². The number of rotatable bonds is 9. The maximum Gasteiger partial charge on any atom is 0.161 e. The SMILES string of the molecule is CCC(C)(CCO)NCc1ccc(OC(C)C)c(OC)c1. The molecule has 120 valence electrons. The minimum Gasteiger partial charge on any atom is -0.493 e. The number of nitrogens with one attached hydrogen (secondary N) is 1. The largest absolute Gasteiger partial charge is 0.493 e. The summed E-state index contributed by atoms with van der Waals surface area (Å²) in [5.74, 6) is 1.52. The Kier molecular flexibility index (Phi) is 6.99.